The molecule has 1 amide bonds. The summed E-state index contributed by atoms with van der Waals surface area (Å²) in [6.07, 6.45) is 3.21. The van der Waals surface area contributed by atoms with E-state index in [4.69, 9.17) is 5.26 Å². The van der Waals surface area contributed by atoms with E-state index >= 15 is 0 Å². The Balaban J connectivity index is 1.65. The van der Waals surface area contributed by atoms with Crippen LogP contribution in [0.25, 0.3) is 0 Å². The summed E-state index contributed by atoms with van der Waals surface area (Å²) in [5.41, 5.74) is 4.79. The number of nitriles is 1. The van der Waals surface area contributed by atoms with Crippen molar-refractivity contribution in [2.24, 2.45) is 0 Å². The largest absolute Gasteiger partial charge is 0.380 e. The van der Waals surface area contributed by atoms with Crippen LogP contribution in [-0.4, -0.2) is 10.9 Å². The molecule has 0 saturated carbocycles. The van der Waals surface area contributed by atoms with E-state index in [1.165, 1.54) is 11.8 Å². The molecule has 0 unspecified atom stereocenters. The third kappa shape index (κ3) is 4.46. The minimum absolute atomic E-state index is 0.249. The Morgan fingerprint density at radius 3 is 2.62 bits per heavy atom. The first-order chi connectivity index (χ1) is 12.6. The maximum absolute atomic E-state index is 12.4. The first-order valence-electron chi connectivity index (χ1n) is 8.20. The number of nitrogens with zero attached hydrogens (tertiary/aromatic N) is 2. The lowest BCUT2D eigenvalue weighted by molar-refractivity contribution is 0.102. The van der Waals surface area contributed by atoms with Crippen molar-refractivity contribution in [3.05, 3.63) is 89.2 Å². The Labute approximate surface area is 152 Å². The van der Waals surface area contributed by atoms with E-state index in [0.29, 0.717) is 23.4 Å². The molecule has 0 fully saturated rings. The molecule has 1 aromatic heterocycles. The van der Waals surface area contributed by atoms with Crippen LogP contribution < -0.4 is 10.6 Å². The van der Waals surface area contributed by atoms with Crippen molar-refractivity contribution in [1.29, 1.82) is 5.26 Å². The van der Waals surface area contributed by atoms with Gasteiger partial charge in [-0.15, -0.1) is 0 Å². The summed E-state index contributed by atoms with van der Waals surface area (Å²) in [5.74, 6) is -0.249. The zero-order valence-corrected chi connectivity index (χ0v) is 14.4. The molecule has 5 heteroatoms. The number of aryl methyl sites for hydroxylation is 1. The van der Waals surface area contributed by atoms with Crippen molar-refractivity contribution >= 4 is 17.3 Å². The van der Waals surface area contributed by atoms with Crippen LogP contribution in [-0.2, 0) is 6.54 Å². The summed E-state index contributed by atoms with van der Waals surface area (Å²) >= 11 is 0. The minimum Gasteiger partial charge on any atom is -0.380 e. The highest BCUT2D eigenvalue weighted by Gasteiger charge is 2.08. The average molecular weight is 342 g/mol. The molecule has 0 aliphatic rings. The van der Waals surface area contributed by atoms with Crippen LogP contribution in [0.15, 0.2) is 67.0 Å². The van der Waals surface area contributed by atoms with Crippen molar-refractivity contribution in [3.8, 4) is 6.07 Å². The van der Waals surface area contributed by atoms with Crippen molar-refractivity contribution in [3.63, 3.8) is 0 Å². The number of benzene rings is 2. The van der Waals surface area contributed by atoms with Gasteiger partial charge in [-0.1, -0.05) is 29.8 Å². The van der Waals surface area contributed by atoms with Gasteiger partial charge in [0.25, 0.3) is 5.91 Å². The van der Waals surface area contributed by atoms with Crippen LogP contribution >= 0.6 is 0 Å². The Kier molecular flexibility index (Phi) is 5.25. The first-order valence-corrected chi connectivity index (χ1v) is 8.20. The van der Waals surface area contributed by atoms with E-state index in [1.807, 2.05) is 12.1 Å². The predicted octanol–water partition coefficient (Wildman–Crippen LogP) is 4.13. The van der Waals surface area contributed by atoms with E-state index in [9.17, 15) is 4.79 Å². The first kappa shape index (κ1) is 17.2. The Morgan fingerprint density at radius 1 is 1.08 bits per heavy atom. The Hall–Kier alpha value is -3.65. The number of nitrogens with one attached hydrogen (secondary N) is 2. The zero-order chi connectivity index (χ0) is 18.4. The van der Waals surface area contributed by atoms with E-state index in [-0.39, 0.29) is 5.91 Å². The molecule has 3 aromatic rings. The molecule has 5 nitrogen and oxygen atoms in total. The molecule has 26 heavy (non-hydrogen) atoms. The fraction of sp³-hybridized carbons (Fsp3) is 0.0952. The van der Waals surface area contributed by atoms with E-state index in [0.717, 1.165) is 11.3 Å². The summed E-state index contributed by atoms with van der Waals surface area (Å²) < 4.78 is 0. The molecule has 128 valence electrons. The normalized spacial score (nSPS) is 10.0. The van der Waals surface area contributed by atoms with Crippen LogP contribution in [0.3, 0.4) is 0 Å². The maximum Gasteiger partial charge on any atom is 0.257 e. The van der Waals surface area contributed by atoms with Crippen molar-refractivity contribution in [1.82, 2.24) is 4.98 Å². The standard InChI is InChI=1S/C21H18N4O/c1-15-3-2-4-17(9-15)12-24-20-10-18(13-23-14-20)21(26)25-19-7-5-16(11-22)6-8-19/h2-10,13-14,24H,12H2,1H3,(H,25,26). The molecule has 0 bridgehead atoms. The fourth-order valence-corrected chi connectivity index (χ4v) is 2.52. The van der Waals surface area contributed by atoms with Gasteiger partial charge in [0.15, 0.2) is 0 Å². The molecule has 1 heterocycles. The van der Waals surface area contributed by atoms with Crippen molar-refractivity contribution < 1.29 is 4.79 Å². The monoisotopic (exact) mass is 342 g/mol. The van der Waals surface area contributed by atoms with Crippen LogP contribution in [0.4, 0.5) is 11.4 Å². The summed E-state index contributed by atoms with van der Waals surface area (Å²) in [6.45, 7) is 2.71. The van der Waals surface area contributed by atoms with Crippen molar-refractivity contribution in [2.45, 2.75) is 13.5 Å². The van der Waals surface area contributed by atoms with Crippen molar-refractivity contribution in [2.75, 3.05) is 10.6 Å². The minimum atomic E-state index is -0.249. The van der Waals surface area contributed by atoms with Gasteiger partial charge in [0.2, 0.25) is 0 Å². The lowest BCUT2D eigenvalue weighted by Gasteiger charge is -2.09. The van der Waals surface area contributed by atoms with Gasteiger partial charge in [0.05, 0.1) is 22.9 Å². The van der Waals surface area contributed by atoms with Gasteiger partial charge >= 0.3 is 0 Å². The highest BCUT2D eigenvalue weighted by Crippen LogP contribution is 2.14. The van der Waals surface area contributed by atoms with Crippen LogP contribution in [0.5, 0.6) is 0 Å². The molecule has 0 aliphatic heterocycles. The van der Waals surface area contributed by atoms with Gasteiger partial charge < -0.3 is 10.6 Å². The third-order valence-corrected chi connectivity index (χ3v) is 3.85. The van der Waals surface area contributed by atoms with Gasteiger partial charge in [0, 0.05) is 24.6 Å². The quantitative estimate of drug-likeness (QED) is 0.731. The molecule has 0 spiro atoms. The fourth-order valence-electron chi connectivity index (χ4n) is 2.52. The van der Waals surface area contributed by atoms with Gasteiger partial charge in [-0.25, -0.2) is 0 Å². The summed E-state index contributed by atoms with van der Waals surface area (Å²) in [6, 6.07) is 18.8. The second-order valence-electron chi connectivity index (χ2n) is 5.95. The van der Waals surface area contributed by atoms with Gasteiger partial charge in [-0.2, -0.15) is 5.26 Å². The van der Waals surface area contributed by atoms with E-state index in [1.54, 1.807) is 36.5 Å². The number of pyridine rings is 1. The number of rotatable bonds is 5. The molecule has 0 aliphatic carbocycles. The second kappa shape index (κ2) is 7.95. The number of hydrogen-bond acceptors (Lipinski definition) is 4. The molecule has 0 atom stereocenters. The maximum atomic E-state index is 12.4. The van der Waals surface area contributed by atoms with Crippen LogP contribution in [0, 0.1) is 18.3 Å². The summed E-state index contributed by atoms with van der Waals surface area (Å²) in [7, 11) is 0. The highest BCUT2D eigenvalue weighted by molar-refractivity contribution is 6.04. The molecule has 2 N–H and O–H groups in total. The summed E-state index contributed by atoms with van der Waals surface area (Å²) in [4.78, 5) is 16.5. The molecular formula is C21H18N4O. The number of carbonyl (C=O) groups is 1. The lowest BCUT2D eigenvalue weighted by Crippen LogP contribution is -2.12. The van der Waals surface area contributed by atoms with Crippen LogP contribution in [0.2, 0.25) is 0 Å². The predicted molar refractivity (Wildman–Crippen MR) is 102 cm³/mol. The molecule has 0 radical (unpaired) electrons. The molecule has 0 saturated heterocycles. The molecule has 2 aromatic carbocycles. The summed E-state index contributed by atoms with van der Waals surface area (Å²) in [5, 5.41) is 14.9. The SMILES string of the molecule is Cc1cccc(CNc2cncc(C(=O)Nc3ccc(C#N)cc3)c2)c1. The Bertz CT molecular complexity index is 958. The number of aromatic nitrogens is 1. The second-order valence-corrected chi connectivity index (χ2v) is 5.95. The van der Waals surface area contributed by atoms with Gasteiger partial charge in [0.1, 0.15) is 0 Å². The molecular weight excluding hydrogens is 324 g/mol. The number of carbonyl (C=O) groups excluding carboxylic acids is 1. The average Bonchev–Trinajstić information content (AvgIpc) is 2.67. The molecule has 3 rings (SSSR count). The van der Waals surface area contributed by atoms with Gasteiger partial charge in [-0.05, 0) is 42.8 Å². The lowest BCUT2D eigenvalue weighted by atomic mass is 10.1. The van der Waals surface area contributed by atoms with E-state index < -0.39 is 0 Å². The van der Waals surface area contributed by atoms with E-state index in [2.05, 4.69) is 40.7 Å². The number of amides is 1. The Morgan fingerprint density at radius 2 is 1.88 bits per heavy atom. The number of anilines is 2. The topological polar surface area (TPSA) is 77.8 Å². The number of hydrogen-bond donors (Lipinski definition) is 2. The third-order valence-electron chi connectivity index (χ3n) is 3.85. The van der Waals surface area contributed by atoms with Crippen LogP contribution in [0.1, 0.15) is 27.0 Å². The zero-order valence-electron chi connectivity index (χ0n) is 14.4. The van der Waals surface area contributed by atoms with Gasteiger partial charge in [-0.3, -0.25) is 9.78 Å². The smallest absolute Gasteiger partial charge is 0.257 e. The highest BCUT2D eigenvalue weighted by atomic mass is 16.1.